The number of piperidine rings is 1. The van der Waals surface area contributed by atoms with Crippen LogP contribution in [0.25, 0.3) is 0 Å². The van der Waals surface area contributed by atoms with Gasteiger partial charge in [0.15, 0.2) is 0 Å². The van der Waals surface area contributed by atoms with Crippen molar-refractivity contribution in [3.05, 3.63) is 65.0 Å². The van der Waals surface area contributed by atoms with Gasteiger partial charge in [-0.05, 0) is 62.1 Å². The van der Waals surface area contributed by atoms with Crippen LogP contribution in [0.1, 0.15) is 29.5 Å². The van der Waals surface area contributed by atoms with Crippen LogP contribution < -0.4 is 0 Å². The summed E-state index contributed by atoms with van der Waals surface area (Å²) in [5.74, 6) is -1.55. The molecule has 144 valence electrons. The molecule has 2 aromatic rings. The minimum atomic E-state index is -3.69. The van der Waals surface area contributed by atoms with Crippen molar-refractivity contribution in [2.45, 2.75) is 37.0 Å². The number of hydrogen-bond acceptors (Lipinski definition) is 3. The molecule has 0 amide bonds. The summed E-state index contributed by atoms with van der Waals surface area (Å²) in [6, 6.07) is 10.7. The average molecular weight is 391 g/mol. The number of rotatable bonds is 4. The van der Waals surface area contributed by atoms with Gasteiger partial charge in [0.1, 0.15) is 5.82 Å². The molecule has 7 heteroatoms. The first kappa shape index (κ1) is 19.5. The third-order valence-electron chi connectivity index (χ3n) is 5.36. The smallest absolute Gasteiger partial charge is 0.314 e. The van der Waals surface area contributed by atoms with Crippen molar-refractivity contribution in [3.63, 3.8) is 0 Å². The van der Waals surface area contributed by atoms with Gasteiger partial charge in [-0.15, -0.1) is 0 Å². The highest BCUT2D eigenvalue weighted by molar-refractivity contribution is 7.89. The SMILES string of the molecule is Cc1ccc(S(=O)(=O)N2CCC(C(=O)O)(c3cc(F)ccc3C)CC2)cc1. The van der Waals surface area contributed by atoms with Gasteiger partial charge in [0.2, 0.25) is 10.0 Å². The second kappa shape index (κ2) is 7.05. The van der Waals surface area contributed by atoms with E-state index in [9.17, 15) is 22.7 Å². The van der Waals surface area contributed by atoms with Crippen LogP contribution >= 0.6 is 0 Å². The molecule has 0 bridgehead atoms. The Labute approximate surface area is 158 Å². The van der Waals surface area contributed by atoms with E-state index in [1.807, 2.05) is 6.92 Å². The number of benzene rings is 2. The first-order chi connectivity index (χ1) is 12.7. The topological polar surface area (TPSA) is 74.7 Å². The zero-order valence-electron chi connectivity index (χ0n) is 15.3. The van der Waals surface area contributed by atoms with Crippen molar-refractivity contribution >= 4 is 16.0 Å². The molecule has 3 rings (SSSR count). The third-order valence-corrected chi connectivity index (χ3v) is 7.27. The highest BCUT2D eigenvalue weighted by atomic mass is 32.2. The van der Waals surface area contributed by atoms with E-state index in [1.165, 1.54) is 16.4 Å². The summed E-state index contributed by atoms with van der Waals surface area (Å²) in [4.78, 5) is 12.3. The van der Waals surface area contributed by atoms with Crippen molar-refractivity contribution in [3.8, 4) is 0 Å². The van der Waals surface area contributed by atoms with Gasteiger partial charge in [-0.25, -0.2) is 12.8 Å². The van der Waals surface area contributed by atoms with Gasteiger partial charge in [-0.2, -0.15) is 4.31 Å². The summed E-state index contributed by atoms with van der Waals surface area (Å²) in [5.41, 5.74) is 0.779. The molecule has 0 aromatic heterocycles. The van der Waals surface area contributed by atoms with Crippen LogP contribution in [0.15, 0.2) is 47.4 Å². The summed E-state index contributed by atoms with van der Waals surface area (Å²) >= 11 is 0. The fraction of sp³-hybridized carbons (Fsp3) is 0.350. The number of hydrogen-bond donors (Lipinski definition) is 1. The van der Waals surface area contributed by atoms with Crippen LogP contribution in [-0.4, -0.2) is 36.9 Å². The van der Waals surface area contributed by atoms with Gasteiger partial charge >= 0.3 is 5.97 Å². The van der Waals surface area contributed by atoms with Gasteiger partial charge in [-0.1, -0.05) is 23.8 Å². The van der Waals surface area contributed by atoms with Crippen LogP contribution in [0.3, 0.4) is 0 Å². The maximum Gasteiger partial charge on any atom is 0.314 e. The van der Waals surface area contributed by atoms with E-state index < -0.39 is 27.2 Å². The molecule has 1 aliphatic heterocycles. The van der Waals surface area contributed by atoms with Crippen molar-refractivity contribution in [2.75, 3.05) is 13.1 Å². The maximum atomic E-state index is 13.8. The number of carbonyl (C=O) groups is 1. The quantitative estimate of drug-likeness (QED) is 0.868. The lowest BCUT2D eigenvalue weighted by molar-refractivity contribution is -0.145. The molecular weight excluding hydrogens is 369 g/mol. The van der Waals surface area contributed by atoms with Crippen LogP contribution in [0.2, 0.25) is 0 Å². The van der Waals surface area contributed by atoms with E-state index in [4.69, 9.17) is 0 Å². The normalized spacial score (nSPS) is 17.6. The lowest BCUT2D eigenvalue weighted by Gasteiger charge is -2.39. The molecule has 1 heterocycles. The summed E-state index contributed by atoms with van der Waals surface area (Å²) in [7, 11) is -3.69. The highest BCUT2D eigenvalue weighted by Gasteiger charge is 2.46. The van der Waals surface area contributed by atoms with E-state index in [0.29, 0.717) is 11.1 Å². The van der Waals surface area contributed by atoms with Gasteiger partial charge in [0.25, 0.3) is 0 Å². The number of carboxylic acids is 1. The molecule has 0 spiro atoms. The second-order valence-corrected chi connectivity index (χ2v) is 9.00. The second-order valence-electron chi connectivity index (χ2n) is 7.06. The van der Waals surface area contributed by atoms with Crippen molar-refractivity contribution in [2.24, 2.45) is 0 Å². The lowest BCUT2D eigenvalue weighted by Crippen LogP contribution is -2.49. The number of sulfonamides is 1. The van der Waals surface area contributed by atoms with Crippen molar-refractivity contribution in [1.29, 1.82) is 0 Å². The van der Waals surface area contributed by atoms with E-state index in [1.54, 1.807) is 37.3 Å². The Bertz CT molecular complexity index is 962. The molecular formula is C20H22FNO4S. The Morgan fingerprint density at radius 3 is 2.22 bits per heavy atom. The number of halogens is 1. The molecule has 0 saturated carbocycles. The Kier molecular flexibility index (Phi) is 5.10. The van der Waals surface area contributed by atoms with Crippen LogP contribution in [0.4, 0.5) is 4.39 Å². The largest absolute Gasteiger partial charge is 0.481 e. The molecule has 0 aliphatic carbocycles. The Morgan fingerprint density at radius 2 is 1.67 bits per heavy atom. The summed E-state index contributed by atoms with van der Waals surface area (Å²) in [6.45, 7) is 3.76. The van der Waals surface area contributed by atoms with Crippen molar-refractivity contribution in [1.82, 2.24) is 4.31 Å². The van der Waals surface area contributed by atoms with E-state index in [-0.39, 0.29) is 30.8 Å². The minimum absolute atomic E-state index is 0.0679. The average Bonchev–Trinajstić information content (AvgIpc) is 2.64. The predicted octanol–water partition coefficient (Wildman–Crippen LogP) is 3.25. The number of aliphatic carboxylic acids is 1. The Hall–Kier alpha value is -2.25. The van der Waals surface area contributed by atoms with Gasteiger partial charge in [-0.3, -0.25) is 4.79 Å². The third kappa shape index (κ3) is 3.49. The molecule has 0 unspecified atom stereocenters. The predicted molar refractivity (Wildman–Crippen MR) is 99.6 cm³/mol. The molecule has 5 nitrogen and oxygen atoms in total. The molecule has 0 radical (unpaired) electrons. The number of aryl methyl sites for hydroxylation is 2. The maximum absolute atomic E-state index is 13.8. The zero-order valence-corrected chi connectivity index (χ0v) is 16.1. The first-order valence-corrected chi connectivity index (χ1v) is 10.2. The minimum Gasteiger partial charge on any atom is -0.481 e. The summed E-state index contributed by atoms with van der Waals surface area (Å²) < 4.78 is 40.8. The summed E-state index contributed by atoms with van der Waals surface area (Å²) in [6.07, 6.45) is 0.190. The molecule has 1 aliphatic rings. The lowest BCUT2D eigenvalue weighted by atomic mass is 9.71. The molecule has 0 atom stereocenters. The van der Waals surface area contributed by atoms with Crippen molar-refractivity contribution < 1.29 is 22.7 Å². The molecule has 2 aromatic carbocycles. The van der Waals surface area contributed by atoms with Gasteiger partial charge in [0, 0.05) is 13.1 Å². The fourth-order valence-corrected chi connectivity index (χ4v) is 5.12. The number of nitrogens with zero attached hydrogens (tertiary/aromatic N) is 1. The fourth-order valence-electron chi connectivity index (χ4n) is 3.68. The van der Waals surface area contributed by atoms with E-state index in [2.05, 4.69) is 0 Å². The standard InChI is InChI=1S/C20H22FNO4S/c1-14-3-7-17(8-4-14)27(25,26)22-11-9-20(10-12-22,19(23)24)18-13-16(21)6-5-15(18)2/h3-8,13H,9-12H2,1-2H3,(H,23,24). The van der Waals surface area contributed by atoms with Gasteiger partial charge < -0.3 is 5.11 Å². The molecule has 1 fully saturated rings. The monoisotopic (exact) mass is 391 g/mol. The Morgan fingerprint density at radius 1 is 1.07 bits per heavy atom. The van der Waals surface area contributed by atoms with Crippen LogP contribution in [0, 0.1) is 19.7 Å². The van der Waals surface area contributed by atoms with Crippen LogP contribution in [-0.2, 0) is 20.2 Å². The zero-order chi connectivity index (χ0) is 19.8. The first-order valence-electron chi connectivity index (χ1n) is 8.74. The van der Waals surface area contributed by atoms with Crippen LogP contribution in [0.5, 0.6) is 0 Å². The Balaban J connectivity index is 1.90. The van der Waals surface area contributed by atoms with Gasteiger partial charge in [0.05, 0.1) is 10.3 Å². The summed E-state index contributed by atoms with van der Waals surface area (Å²) in [5, 5.41) is 9.90. The molecule has 1 saturated heterocycles. The van der Waals surface area contributed by atoms with E-state index in [0.717, 1.165) is 5.56 Å². The number of carboxylic acid groups (broad SMARTS) is 1. The highest BCUT2D eigenvalue weighted by Crippen LogP contribution is 2.39. The molecule has 1 N–H and O–H groups in total. The molecule has 27 heavy (non-hydrogen) atoms. The van der Waals surface area contributed by atoms with E-state index >= 15 is 0 Å².